The summed E-state index contributed by atoms with van der Waals surface area (Å²) in [6, 6.07) is 5.21. The zero-order chi connectivity index (χ0) is 13.1. The third-order valence-electron chi connectivity index (χ3n) is 3.25. The number of nitro groups is 1. The summed E-state index contributed by atoms with van der Waals surface area (Å²) in [5.41, 5.74) is 6.81. The molecule has 1 aromatic carbocycles. The fraction of sp³-hybridized carbons (Fsp3) is 0.500. The van der Waals surface area contributed by atoms with E-state index in [4.69, 9.17) is 17.3 Å². The molecule has 1 aliphatic heterocycles. The van der Waals surface area contributed by atoms with E-state index in [1.807, 2.05) is 0 Å². The fourth-order valence-corrected chi connectivity index (χ4v) is 2.44. The lowest BCUT2D eigenvalue weighted by atomic mass is 10.1. The van der Waals surface area contributed by atoms with Crippen LogP contribution in [0, 0.1) is 10.1 Å². The van der Waals surface area contributed by atoms with Crippen LogP contribution in [0.5, 0.6) is 0 Å². The van der Waals surface area contributed by atoms with Crippen molar-refractivity contribution in [3.8, 4) is 0 Å². The average molecular weight is 270 g/mol. The zero-order valence-electron chi connectivity index (χ0n) is 10.0. The molecular formula is C12H16ClN3O2. The predicted molar refractivity (Wildman–Crippen MR) is 70.6 cm³/mol. The van der Waals surface area contributed by atoms with Gasteiger partial charge < -0.3 is 5.73 Å². The molecule has 0 bridgehead atoms. The van der Waals surface area contributed by atoms with Gasteiger partial charge in [0, 0.05) is 18.7 Å². The van der Waals surface area contributed by atoms with Crippen LogP contribution in [-0.2, 0) is 6.54 Å². The first kappa shape index (κ1) is 13.3. The number of hydrogen-bond donors (Lipinski definition) is 1. The molecule has 0 aliphatic carbocycles. The van der Waals surface area contributed by atoms with Crippen molar-refractivity contribution in [3.63, 3.8) is 0 Å². The molecule has 1 saturated heterocycles. The Morgan fingerprint density at radius 3 is 2.67 bits per heavy atom. The van der Waals surface area contributed by atoms with Gasteiger partial charge in [0.05, 0.1) is 4.92 Å². The Balaban J connectivity index is 2.02. The van der Waals surface area contributed by atoms with Gasteiger partial charge in [0.2, 0.25) is 0 Å². The lowest BCUT2D eigenvalue weighted by molar-refractivity contribution is -0.384. The van der Waals surface area contributed by atoms with Gasteiger partial charge in [-0.15, -0.1) is 0 Å². The molecule has 2 rings (SSSR count). The topological polar surface area (TPSA) is 72.4 Å². The molecule has 6 heteroatoms. The summed E-state index contributed by atoms with van der Waals surface area (Å²) in [5, 5.41) is 10.9. The molecule has 1 aromatic rings. The van der Waals surface area contributed by atoms with Gasteiger partial charge in [-0.1, -0.05) is 17.7 Å². The van der Waals surface area contributed by atoms with Crippen molar-refractivity contribution in [2.24, 2.45) is 5.73 Å². The SMILES string of the molecule is NC1CCN(Cc2ccc([N+](=O)[O-])c(Cl)c2)CC1. The molecule has 2 N–H and O–H groups in total. The third-order valence-corrected chi connectivity index (χ3v) is 3.55. The Morgan fingerprint density at radius 1 is 1.44 bits per heavy atom. The number of hydrogen-bond acceptors (Lipinski definition) is 4. The van der Waals surface area contributed by atoms with Crippen molar-refractivity contribution >= 4 is 17.3 Å². The van der Waals surface area contributed by atoms with Crippen molar-refractivity contribution in [2.45, 2.75) is 25.4 Å². The summed E-state index contributed by atoms with van der Waals surface area (Å²) in [7, 11) is 0. The van der Waals surface area contributed by atoms with Crippen LogP contribution in [-0.4, -0.2) is 29.0 Å². The minimum absolute atomic E-state index is 0.0407. The maximum Gasteiger partial charge on any atom is 0.287 e. The third kappa shape index (κ3) is 3.19. The summed E-state index contributed by atoms with van der Waals surface area (Å²) >= 11 is 5.89. The Labute approximate surface area is 111 Å². The van der Waals surface area contributed by atoms with E-state index in [-0.39, 0.29) is 10.7 Å². The molecule has 0 spiro atoms. The van der Waals surface area contributed by atoms with E-state index in [0.717, 1.165) is 38.0 Å². The number of nitrogens with zero attached hydrogens (tertiary/aromatic N) is 2. The lowest BCUT2D eigenvalue weighted by Crippen LogP contribution is -2.39. The van der Waals surface area contributed by atoms with Crippen molar-refractivity contribution in [3.05, 3.63) is 38.9 Å². The molecule has 1 heterocycles. The number of nitrogens with two attached hydrogens (primary N) is 1. The highest BCUT2D eigenvalue weighted by Gasteiger charge is 2.17. The van der Waals surface area contributed by atoms with E-state index in [9.17, 15) is 10.1 Å². The first-order valence-electron chi connectivity index (χ1n) is 5.97. The van der Waals surface area contributed by atoms with Gasteiger partial charge in [0.25, 0.3) is 5.69 Å². The predicted octanol–water partition coefficient (Wildman–Crippen LogP) is 2.17. The Morgan fingerprint density at radius 2 is 2.11 bits per heavy atom. The van der Waals surface area contributed by atoms with E-state index < -0.39 is 4.92 Å². The fourth-order valence-electron chi connectivity index (χ4n) is 2.17. The standard InChI is InChI=1S/C12H16ClN3O2/c13-11-7-9(1-2-12(11)16(17)18)8-15-5-3-10(14)4-6-15/h1-2,7,10H,3-6,8,14H2. The smallest absolute Gasteiger partial charge is 0.287 e. The monoisotopic (exact) mass is 269 g/mol. The highest BCUT2D eigenvalue weighted by Crippen LogP contribution is 2.25. The van der Waals surface area contributed by atoms with Gasteiger partial charge in [0.15, 0.2) is 0 Å². The Hall–Kier alpha value is -1.17. The molecule has 0 unspecified atom stereocenters. The van der Waals surface area contributed by atoms with Crippen LogP contribution in [0.1, 0.15) is 18.4 Å². The molecule has 1 aliphatic rings. The van der Waals surface area contributed by atoms with Crippen LogP contribution in [0.25, 0.3) is 0 Å². The number of benzene rings is 1. The van der Waals surface area contributed by atoms with Crippen LogP contribution in [0.15, 0.2) is 18.2 Å². The van der Waals surface area contributed by atoms with Gasteiger partial charge in [-0.05, 0) is 37.6 Å². The number of piperidine rings is 1. The van der Waals surface area contributed by atoms with E-state index in [1.165, 1.54) is 6.07 Å². The molecule has 0 aromatic heterocycles. The highest BCUT2D eigenvalue weighted by molar-refractivity contribution is 6.32. The molecule has 98 valence electrons. The van der Waals surface area contributed by atoms with Crippen LogP contribution >= 0.6 is 11.6 Å². The maximum absolute atomic E-state index is 10.7. The molecule has 1 fully saturated rings. The number of halogens is 1. The number of nitro benzene ring substituents is 1. The molecular weight excluding hydrogens is 254 g/mol. The van der Waals surface area contributed by atoms with Gasteiger partial charge in [-0.25, -0.2) is 0 Å². The first-order chi connectivity index (χ1) is 8.56. The van der Waals surface area contributed by atoms with Gasteiger partial charge in [-0.2, -0.15) is 0 Å². The van der Waals surface area contributed by atoms with Crippen LogP contribution < -0.4 is 5.73 Å². The molecule has 18 heavy (non-hydrogen) atoms. The molecule has 5 nitrogen and oxygen atoms in total. The Kier molecular flexibility index (Phi) is 4.16. The minimum Gasteiger partial charge on any atom is -0.328 e. The first-order valence-corrected chi connectivity index (χ1v) is 6.35. The molecule has 0 atom stereocenters. The zero-order valence-corrected chi connectivity index (χ0v) is 10.8. The second kappa shape index (κ2) is 5.65. The summed E-state index contributed by atoms with van der Waals surface area (Å²) < 4.78 is 0. The highest BCUT2D eigenvalue weighted by atomic mass is 35.5. The van der Waals surface area contributed by atoms with E-state index >= 15 is 0 Å². The van der Waals surface area contributed by atoms with Gasteiger partial charge in [-0.3, -0.25) is 15.0 Å². The summed E-state index contributed by atoms with van der Waals surface area (Å²) in [6.07, 6.45) is 2.00. The second-order valence-electron chi connectivity index (χ2n) is 4.66. The van der Waals surface area contributed by atoms with E-state index in [0.29, 0.717) is 6.04 Å². The normalized spacial score (nSPS) is 17.9. The van der Waals surface area contributed by atoms with Crippen LogP contribution in [0.3, 0.4) is 0 Å². The summed E-state index contributed by atoms with van der Waals surface area (Å²) in [5.74, 6) is 0. The van der Waals surface area contributed by atoms with Crippen molar-refractivity contribution in [2.75, 3.05) is 13.1 Å². The summed E-state index contributed by atoms with van der Waals surface area (Å²) in [6.45, 7) is 2.70. The van der Waals surface area contributed by atoms with Gasteiger partial charge in [0.1, 0.15) is 5.02 Å². The molecule has 0 radical (unpaired) electrons. The molecule has 0 saturated carbocycles. The minimum atomic E-state index is -0.466. The lowest BCUT2D eigenvalue weighted by Gasteiger charge is -2.30. The maximum atomic E-state index is 10.7. The van der Waals surface area contributed by atoms with Crippen LogP contribution in [0.4, 0.5) is 5.69 Å². The Bertz CT molecular complexity index is 445. The van der Waals surface area contributed by atoms with Gasteiger partial charge >= 0.3 is 0 Å². The van der Waals surface area contributed by atoms with E-state index in [2.05, 4.69) is 4.90 Å². The van der Waals surface area contributed by atoms with E-state index in [1.54, 1.807) is 12.1 Å². The molecule has 0 amide bonds. The van der Waals surface area contributed by atoms with Crippen molar-refractivity contribution in [1.82, 2.24) is 4.90 Å². The van der Waals surface area contributed by atoms with Crippen molar-refractivity contribution in [1.29, 1.82) is 0 Å². The second-order valence-corrected chi connectivity index (χ2v) is 5.06. The van der Waals surface area contributed by atoms with Crippen LogP contribution in [0.2, 0.25) is 5.02 Å². The largest absolute Gasteiger partial charge is 0.328 e. The number of likely N-dealkylation sites (tertiary alicyclic amines) is 1. The number of rotatable bonds is 3. The quantitative estimate of drug-likeness (QED) is 0.674. The average Bonchev–Trinajstić information content (AvgIpc) is 2.32. The summed E-state index contributed by atoms with van der Waals surface area (Å²) in [4.78, 5) is 12.5. The van der Waals surface area contributed by atoms with Crippen molar-refractivity contribution < 1.29 is 4.92 Å².